The number of Topliss-reactive ketones (excluding diaryl/α,β-unsaturated/α-hetero) is 1. The smallest absolute Gasteiger partial charge is 0.330 e. The van der Waals surface area contributed by atoms with Gasteiger partial charge in [-0.25, -0.2) is 4.79 Å². The summed E-state index contributed by atoms with van der Waals surface area (Å²) in [6, 6.07) is 0. The van der Waals surface area contributed by atoms with Gasteiger partial charge < -0.3 is 14.4 Å². The molecule has 1 fully saturated rings. The molecule has 1 saturated heterocycles. The van der Waals surface area contributed by atoms with Gasteiger partial charge in [-0.15, -0.1) is 11.6 Å². The van der Waals surface area contributed by atoms with Gasteiger partial charge in [-0.3, -0.25) is 9.59 Å². The first-order chi connectivity index (χ1) is 9.92. The summed E-state index contributed by atoms with van der Waals surface area (Å²) in [7, 11) is 0. The number of imide groups is 1. The molecule has 0 bridgehead atoms. The van der Waals surface area contributed by atoms with Gasteiger partial charge in [0.05, 0.1) is 0 Å². The van der Waals surface area contributed by atoms with Crippen molar-refractivity contribution < 1.29 is 28.8 Å². The molecule has 7 heteroatoms. The van der Waals surface area contributed by atoms with E-state index < -0.39 is 17.8 Å². The van der Waals surface area contributed by atoms with Crippen molar-refractivity contribution in [2.75, 3.05) is 0 Å². The van der Waals surface area contributed by atoms with Crippen molar-refractivity contribution in [3.05, 3.63) is 12.7 Å². The number of rotatable bonds is 5. The average Bonchev–Trinajstić information content (AvgIpc) is 2.73. The van der Waals surface area contributed by atoms with Crippen LogP contribution in [0.25, 0.3) is 0 Å². The fourth-order valence-corrected chi connectivity index (χ4v) is 1.29. The van der Waals surface area contributed by atoms with Crippen LogP contribution in [-0.2, 0) is 28.8 Å². The molecule has 118 valence electrons. The van der Waals surface area contributed by atoms with Crippen LogP contribution in [0.1, 0.15) is 46.0 Å². The molecule has 0 saturated carbocycles. The standard InChI is InChI=1S/C10H13NO5.C3H6.CH2O/c1-7(12)3-2-4-10(15)16-11-8(13)5-6-9(11)14;1-3-2;1-2/h2-6H2,1H3;3H,1H2,2H3;1H2. The van der Waals surface area contributed by atoms with Gasteiger partial charge >= 0.3 is 5.97 Å². The zero-order chi connectivity index (χ0) is 16.8. The summed E-state index contributed by atoms with van der Waals surface area (Å²) < 4.78 is 0. The highest BCUT2D eigenvalue weighted by molar-refractivity contribution is 6.01. The predicted octanol–water partition coefficient (Wildman–Crippen LogP) is 1.36. The number of carbonyl (C=O) groups excluding carboxylic acids is 5. The topological polar surface area (TPSA) is 97.8 Å². The number of hydroxylamine groups is 2. The number of allylic oxidation sites excluding steroid dienone is 1. The molecule has 0 aromatic carbocycles. The Kier molecular flexibility index (Phi) is 12.7. The monoisotopic (exact) mass is 299 g/mol. The summed E-state index contributed by atoms with van der Waals surface area (Å²) >= 11 is 0. The van der Waals surface area contributed by atoms with Crippen LogP contribution >= 0.6 is 0 Å². The highest BCUT2D eigenvalue weighted by atomic mass is 16.7. The van der Waals surface area contributed by atoms with Crippen LogP contribution < -0.4 is 0 Å². The SMILES string of the molecule is C=CC.C=O.CC(=O)CCCC(=O)ON1C(=O)CCC1=O. The second-order valence-corrected chi connectivity index (χ2v) is 4.01. The third-order valence-electron chi connectivity index (χ3n) is 2.11. The number of carbonyl (C=O) groups is 5. The minimum atomic E-state index is -0.662. The molecule has 0 aromatic heterocycles. The van der Waals surface area contributed by atoms with Gasteiger partial charge in [0, 0.05) is 25.7 Å². The molecule has 1 aliphatic rings. The average molecular weight is 299 g/mol. The summed E-state index contributed by atoms with van der Waals surface area (Å²) in [4.78, 5) is 56.5. The molecule has 1 aliphatic heterocycles. The van der Waals surface area contributed by atoms with Crippen LogP contribution in [0.4, 0.5) is 0 Å². The highest BCUT2D eigenvalue weighted by Gasteiger charge is 2.32. The van der Waals surface area contributed by atoms with E-state index in [-0.39, 0.29) is 31.5 Å². The molecule has 0 N–H and O–H groups in total. The van der Waals surface area contributed by atoms with Gasteiger partial charge in [0.1, 0.15) is 12.6 Å². The van der Waals surface area contributed by atoms with Crippen LogP contribution in [0.15, 0.2) is 12.7 Å². The van der Waals surface area contributed by atoms with Crippen molar-refractivity contribution in [3.63, 3.8) is 0 Å². The number of hydrogen-bond donors (Lipinski definition) is 0. The van der Waals surface area contributed by atoms with Crippen molar-refractivity contribution in [2.45, 2.75) is 46.0 Å². The molecule has 1 rings (SSSR count). The van der Waals surface area contributed by atoms with Crippen molar-refractivity contribution in [2.24, 2.45) is 0 Å². The van der Waals surface area contributed by atoms with E-state index in [4.69, 9.17) is 4.79 Å². The largest absolute Gasteiger partial charge is 0.333 e. The third-order valence-corrected chi connectivity index (χ3v) is 2.11. The lowest BCUT2D eigenvalue weighted by molar-refractivity contribution is -0.197. The Hall–Kier alpha value is -2.31. The van der Waals surface area contributed by atoms with Gasteiger partial charge in [0.25, 0.3) is 11.8 Å². The predicted molar refractivity (Wildman–Crippen MR) is 74.7 cm³/mol. The molecule has 0 unspecified atom stereocenters. The first-order valence-corrected chi connectivity index (χ1v) is 6.34. The lowest BCUT2D eigenvalue weighted by Crippen LogP contribution is -2.31. The van der Waals surface area contributed by atoms with Crippen molar-refractivity contribution in [3.8, 4) is 0 Å². The van der Waals surface area contributed by atoms with Gasteiger partial charge in [0.2, 0.25) is 0 Å². The summed E-state index contributed by atoms with van der Waals surface area (Å²) in [6.45, 7) is 8.68. The summed E-state index contributed by atoms with van der Waals surface area (Å²) in [6.07, 6.45) is 2.59. The van der Waals surface area contributed by atoms with E-state index in [2.05, 4.69) is 11.4 Å². The molecule has 7 nitrogen and oxygen atoms in total. The summed E-state index contributed by atoms with van der Waals surface area (Å²) in [5.74, 6) is -1.67. The Bertz CT molecular complexity index is 375. The summed E-state index contributed by atoms with van der Waals surface area (Å²) in [5, 5.41) is 0.510. The molecule has 0 aliphatic carbocycles. The minimum absolute atomic E-state index is 0.0128. The second kappa shape index (κ2) is 12.7. The molecule has 0 atom stereocenters. The van der Waals surface area contributed by atoms with Crippen LogP contribution in [0.5, 0.6) is 0 Å². The van der Waals surface area contributed by atoms with E-state index in [9.17, 15) is 19.2 Å². The van der Waals surface area contributed by atoms with Gasteiger partial charge in [-0.05, 0) is 20.3 Å². The van der Waals surface area contributed by atoms with Crippen LogP contribution in [0, 0.1) is 0 Å². The van der Waals surface area contributed by atoms with E-state index >= 15 is 0 Å². The van der Waals surface area contributed by atoms with Crippen molar-refractivity contribution >= 4 is 30.4 Å². The molecule has 0 aromatic rings. The first kappa shape index (κ1) is 21.0. The lowest BCUT2D eigenvalue weighted by Gasteiger charge is -2.12. The molecule has 21 heavy (non-hydrogen) atoms. The second-order valence-electron chi connectivity index (χ2n) is 4.01. The minimum Gasteiger partial charge on any atom is -0.330 e. The fraction of sp³-hybridized carbons (Fsp3) is 0.500. The maximum absolute atomic E-state index is 11.2. The van der Waals surface area contributed by atoms with Gasteiger partial charge in [-0.1, -0.05) is 6.08 Å². The fourth-order valence-electron chi connectivity index (χ4n) is 1.29. The van der Waals surface area contributed by atoms with E-state index in [1.165, 1.54) is 6.92 Å². The Morgan fingerprint density at radius 3 is 2.00 bits per heavy atom. The zero-order valence-corrected chi connectivity index (χ0v) is 12.4. The number of hydrogen-bond acceptors (Lipinski definition) is 6. The normalized spacial score (nSPS) is 12.6. The van der Waals surface area contributed by atoms with E-state index in [1.807, 2.05) is 13.7 Å². The Morgan fingerprint density at radius 1 is 1.19 bits per heavy atom. The maximum Gasteiger partial charge on any atom is 0.333 e. The van der Waals surface area contributed by atoms with Crippen LogP contribution in [0.3, 0.4) is 0 Å². The highest BCUT2D eigenvalue weighted by Crippen LogP contribution is 2.13. The van der Waals surface area contributed by atoms with E-state index in [0.29, 0.717) is 11.5 Å². The number of amides is 2. The van der Waals surface area contributed by atoms with E-state index in [0.717, 1.165) is 0 Å². The zero-order valence-electron chi connectivity index (χ0n) is 12.4. The number of ketones is 1. The lowest BCUT2D eigenvalue weighted by atomic mass is 10.2. The Morgan fingerprint density at radius 2 is 1.62 bits per heavy atom. The summed E-state index contributed by atoms with van der Waals surface area (Å²) in [5.41, 5.74) is 0. The maximum atomic E-state index is 11.2. The third kappa shape index (κ3) is 10.2. The van der Waals surface area contributed by atoms with E-state index in [1.54, 1.807) is 6.08 Å². The Labute approximate surface area is 123 Å². The molecule has 1 heterocycles. The van der Waals surface area contributed by atoms with Gasteiger partial charge in [-0.2, -0.15) is 0 Å². The quantitative estimate of drug-likeness (QED) is 0.561. The molecule has 0 spiro atoms. The first-order valence-electron chi connectivity index (χ1n) is 6.34. The van der Waals surface area contributed by atoms with Crippen LogP contribution in [-0.4, -0.2) is 35.4 Å². The molecule has 2 amide bonds. The van der Waals surface area contributed by atoms with Crippen molar-refractivity contribution in [1.29, 1.82) is 0 Å². The number of nitrogens with zero attached hydrogens (tertiary/aromatic N) is 1. The van der Waals surface area contributed by atoms with Gasteiger partial charge in [0.15, 0.2) is 0 Å². The molecular weight excluding hydrogens is 278 g/mol. The molecular formula is C14H21NO6. The van der Waals surface area contributed by atoms with Crippen LogP contribution in [0.2, 0.25) is 0 Å². The molecule has 0 radical (unpaired) electrons. The Balaban J connectivity index is 0. The van der Waals surface area contributed by atoms with Crippen molar-refractivity contribution in [1.82, 2.24) is 5.06 Å².